The number of rotatable bonds is 10. The molecule has 8 nitrogen and oxygen atoms in total. The second kappa shape index (κ2) is 11.4. The summed E-state index contributed by atoms with van der Waals surface area (Å²) >= 11 is 0. The summed E-state index contributed by atoms with van der Waals surface area (Å²) in [7, 11) is -3.46. The van der Waals surface area contributed by atoms with E-state index in [0.717, 1.165) is 51.4 Å². The third-order valence-corrected chi connectivity index (χ3v) is 5.85. The Morgan fingerprint density at radius 3 is 2.57 bits per heavy atom. The number of benzene rings is 1. The molecule has 1 saturated heterocycles. The molecule has 9 heteroatoms. The number of nitrogens with zero attached hydrogens (tertiary/aromatic N) is 2. The average Bonchev–Trinajstić information content (AvgIpc) is 2.69. The molecule has 0 atom stereocenters. The van der Waals surface area contributed by atoms with E-state index in [4.69, 9.17) is 10.5 Å². The number of hydrogen-bond acceptors (Lipinski definition) is 5. The molecular formula is C19H33N5O3S. The van der Waals surface area contributed by atoms with Crippen molar-refractivity contribution in [3.05, 3.63) is 29.8 Å². The summed E-state index contributed by atoms with van der Waals surface area (Å²) in [4.78, 5) is 6.95. The maximum Gasteiger partial charge on any atom is 0.240 e. The standard InChI is InChI=1S/C19H33N5O3S/c1-16(2)14-23-28(25,26)18-6-4-17(5-7-18)15-22-19(20)21-8-3-9-24-10-12-27-13-11-24/h4-7,16,23H,3,8-15H2,1-2H3,(H3,20,21,22). The first-order chi connectivity index (χ1) is 13.4. The highest BCUT2D eigenvalue weighted by Crippen LogP contribution is 2.11. The van der Waals surface area contributed by atoms with Crippen LogP contribution in [0.25, 0.3) is 0 Å². The second-order valence-corrected chi connectivity index (χ2v) is 9.09. The third kappa shape index (κ3) is 8.14. The zero-order valence-corrected chi connectivity index (χ0v) is 17.7. The summed E-state index contributed by atoms with van der Waals surface area (Å²) in [6, 6.07) is 6.72. The van der Waals surface area contributed by atoms with Gasteiger partial charge in [-0.05, 0) is 36.6 Å². The molecule has 1 aliphatic heterocycles. The molecule has 28 heavy (non-hydrogen) atoms. The number of aliphatic imine (C=N–C) groups is 1. The largest absolute Gasteiger partial charge is 0.379 e. The minimum atomic E-state index is -3.46. The van der Waals surface area contributed by atoms with E-state index in [1.807, 2.05) is 13.8 Å². The van der Waals surface area contributed by atoms with Gasteiger partial charge < -0.3 is 15.8 Å². The molecule has 0 unspecified atom stereocenters. The topological polar surface area (TPSA) is 109 Å². The first-order valence-corrected chi connectivity index (χ1v) is 11.3. The lowest BCUT2D eigenvalue weighted by Crippen LogP contribution is -2.39. The number of hydrogen-bond donors (Lipinski definition) is 3. The molecule has 0 saturated carbocycles. The average molecular weight is 412 g/mol. The number of ether oxygens (including phenoxy) is 1. The summed E-state index contributed by atoms with van der Waals surface area (Å²) in [5.74, 6) is 0.657. The molecule has 0 bridgehead atoms. The Hall–Kier alpha value is -1.68. The molecular weight excluding hydrogens is 378 g/mol. The van der Waals surface area contributed by atoms with E-state index in [-0.39, 0.29) is 10.8 Å². The van der Waals surface area contributed by atoms with Gasteiger partial charge >= 0.3 is 0 Å². The van der Waals surface area contributed by atoms with Gasteiger partial charge in [-0.25, -0.2) is 18.1 Å². The van der Waals surface area contributed by atoms with Crippen molar-refractivity contribution in [3.63, 3.8) is 0 Å². The van der Waals surface area contributed by atoms with Gasteiger partial charge in [-0.1, -0.05) is 26.0 Å². The fourth-order valence-corrected chi connectivity index (χ4v) is 3.92. The summed E-state index contributed by atoms with van der Waals surface area (Å²) < 4.78 is 32.3. The van der Waals surface area contributed by atoms with Crippen LogP contribution in [-0.4, -0.2) is 65.2 Å². The summed E-state index contributed by atoms with van der Waals surface area (Å²) in [5, 5.41) is 3.12. The van der Waals surface area contributed by atoms with Crippen LogP contribution in [0.2, 0.25) is 0 Å². The predicted octanol–water partition coefficient (Wildman–Crippen LogP) is 0.748. The van der Waals surface area contributed by atoms with Crippen LogP contribution < -0.4 is 15.8 Å². The van der Waals surface area contributed by atoms with Crippen molar-refractivity contribution < 1.29 is 13.2 Å². The Morgan fingerprint density at radius 2 is 1.93 bits per heavy atom. The van der Waals surface area contributed by atoms with Crippen LogP contribution in [0, 0.1) is 5.92 Å². The molecule has 0 aliphatic carbocycles. The van der Waals surface area contributed by atoms with Crippen molar-refractivity contribution in [3.8, 4) is 0 Å². The zero-order valence-electron chi connectivity index (χ0n) is 16.9. The Morgan fingerprint density at radius 1 is 1.25 bits per heavy atom. The number of morpholine rings is 1. The molecule has 4 N–H and O–H groups in total. The molecule has 1 fully saturated rings. The molecule has 0 spiro atoms. The molecule has 0 amide bonds. The van der Waals surface area contributed by atoms with Gasteiger partial charge in [0.15, 0.2) is 5.96 Å². The Balaban J connectivity index is 1.73. The quantitative estimate of drug-likeness (QED) is 0.298. The van der Waals surface area contributed by atoms with Crippen LogP contribution in [0.4, 0.5) is 0 Å². The van der Waals surface area contributed by atoms with E-state index in [1.165, 1.54) is 0 Å². The lowest BCUT2D eigenvalue weighted by atomic mass is 10.2. The van der Waals surface area contributed by atoms with Crippen LogP contribution in [0.15, 0.2) is 34.2 Å². The molecule has 0 aromatic heterocycles. The summed E-state index contributed by atoms with van der Waals surface area (Å²) in [6.07, 6.45) is 0.992. The zero-order chi connectivity index (χ0) is 20.4. The van der Waals surface area contributed by atoms with Crippen LogP contribution in [0.3, 0.4) is 0 Å². The van der Waals surface area contributed by atoms with Gasteiger partial charge in [-0.15, -0.1) is 0 Å². The van der Waals surface area contributed by atoms with Crippen molar-refractivity contribution in [1.82, 2.24) is 14.9 Å². The number of guanidine groups is 1. The second-order valence-electron chi connectivity index (χ2n) is 7.33. The summed E-state index contributed by atoms with van der Waals surface area (Å²) in [5.41, 5.74) is 6.81. The van der Waals surface area contributed by atoms with E-state index in [1.54, 1.807) is 24.3 Å². The third-order valence-electron chi connectivity index (χ3n) is 4.41. The fourth-order valence-electron chi connectivity index (χ4n) is 2.71. The number of nitrogens with one attached hydrogen (secondary N) is 2. The van der Waals surface area contributed by atoms with Gasteiger partial charge in [-0.2, -0.15) is 0 Å². The predicted molar refractivity (Wildman–Crippen MR) is 112 cm³/mol. The van der Waals surface area contributed by atoms with Crippen LogP contribution in [-0.2, 0) is 21.3 Å². The Labute approximate surface area is 168 Å². The van der Waals surface area contributed by atoms with Crippen molar-refractivity contribution in [2.45, 2.75) is 31.7 Å². The molecule has 2 rings (SSSR count). The maximum absolute atomic E-state index is 12.2. The van der Waals surface area contributed by atoms with Crippen LogP contribution in [0.1, 0.15) is 25.8 Å². The highest BCUT2D eigenvalue weighted by atomic mass is 32.2. The molecule has 1 aliphatic rings. The lowest BCUT2D eigenvalue weighted by Gasteiger charge is -2.26. The van der Waals surface area contributed by atoms with E-state index in [2.05, 4.69) is 19.9 Å². The van der Waals surface area contributed by atoms with Crippen molar-refractivity contribution in [1.29, 1.82) is 0 Å². The highest BCUT2D eigenvalue weighted by Gasteiger charge is 2.13. The highest BCUT2D eigenvalue weighted by molar-refractivity contribution is 7.89. The lowest BCUT2D eigenvalue weighted by molar-refractivity contribution is 0.0376. The molecule has 1 aromatic rings. The number of nitrogens with two attached hydrogens (primary N) is 1. The number of sulfonamides is 1. The van der Waals surface area contributed by atoms with Gasteiger partial charge in [0.25, 0.3) is 0 Å². The monoisotopic (exact) mass is 411 g/mol. The minimum Gasteiger partial charge on any atom is -0.379 e. The van der Waals surface area contributed by atoms with Gasteiger partial charge in [0.05, 0.1) is 24.7 Å². The van der Waals surface area contributed by atoms with E-state index in [9.17, 15) is 8.42 Å². The summed E-state index contributed by atoms with van der Waals surface area (Å²) in [6.45, 7) is 10.1. The van der Waals surface area contributed by atoms with Gasteiger partial charge in [0.2, 0.25) is 10.0 Å². The van der Waals surface area contributed by atoms with Crippen LogP contribution in [0.5, 0.6) is 0 Å². The first-order valence-electron chi connectivity index (χ1n) is 9.79. The SMILES string of the molecule is CC(C)CNS(=O)(=O)c1ccc(CN=C(N)NCCCN2CCOCC2)cc1. The molecule has 1 aromatic carbocycles. The Bertz CT molecular complexity index is 714. The van der Waals surface area contributed by atoms with Gasteiger partial charge in [0, 0.05) is 26.2 Å². The van der Waals surface area contributed by atoms with Crippen molar-refractivity contribution in [2.75, 3.05) is 45.9 Å². The van der Waals surface area contributed by atoms with Gasteiger partial charge in [0.1, 0.15) is 0 Å². The minimum absolute atomic E-state index is 0.257. The van der Waals surface area contributed by atoms with Crippen LogP contribution >= 0.6 is 0 Å². The maximum atomic E-state index is 12.2. The van der Waals surface area contributed by atoms with E-state index in [0.29, 0.717) is 19.0 Å². The van der Waals surface area contributed by atoms with E-state index >= 15 is 0 Å². The fraction of sp³-hybridized carbons (Fsp3) is 0.632. The van der Waals surface area contributed by atoms with E-state index < -0.39 is 10.0 Å². The first kappa shape index (κ1) is 22.6. The van der Waals surface area contributed by atoms with Gasteiger partial charge in [-0.3, -0.25) is 4.90 Å². The van der Waals surface area contributed by atoms with Crippen molar-refractivity contribution >= 4 is 16.0 Å². The smallest absolute Gasteiger partial charge is 0.240 e. The van der Waals surface area contributed by atoms with Crippen molar-refractivity contribution in [2.24, 2.45) is 16.6 Å². The molecule has 0 radical (unpaired) electrons. The molecule has 158 valence electrons. The molecule has 1 heterocycles. The Kier molecular flexibility index (Phi) is 9.17. The normalized spacial score (nSPS) is 16.5.